The molecule has 0 aliphatic heterocycles. The molecule has 1 amide bonds. The van der Waals surface area contributed by atoms with Gasteiger partial charge < -0.3 is 10.6 Å². The maximum atomic E-state index is 12.9. The first-order chi connectivity index (χ1) is 11.5. The first kappa shape index (κ1) is 16.3. The summed E-state index contributed by atoms with van der Waals surface area (Å²) in [4.78, 5) is 24.4. The van der Waals surface area contributed by atoms with Gasteiger partial charge in [-0.15, -0.1) is 11.3 Å². The molecule has 3 heterocycles. The molecule has 0 bridgehead atoms. The maximum absolute atomic E-state index is 12.9. The molecule has 0 atom stereocenters. The van der Waals surface area contributed by atoms with Gasteiger partial charge in [-0.05, 0) is 25.1 Å². The van der Waals surface area contributed by atoms with Crippen molar-refractivity contribution < 1.29 is 9.18 Å². The number of nitrogens with zero attached hydrogens (tertiary/aromatic N) is 3. The molecule has 2 N–H and O–H groups in total. The van der Waals surface area contributed by atoms with Crippen LogP contribution in [0.4, 0.5) is 20.9 Å². The lowest BCUT2D eigenvalue weighted by atomic mass is 10.3. The van der Waals surface area contributed by atoms with Crippen LogP contribution < -0.4 is 10.6 Å². The van der Waals surface area contributed by atoms with E-state index in [1.165, 1.54) is 29.7 Å². The molecule has 0 saturated heterocycles. The van der Waals surface area contributed by atoms with Crippen LogP contribution in [0.25, 0.3) is 0 Å². The fourth-order valence-electron chi connectivity index (χ4n) is 1.90. The topological polar surface area (TPSA) is 79.8 Å². The number of halogens is 2. The third kappa shape index (κ3) is 3.84. The molecule has 6 nitrogen and oxygen atoms in total. The summed E-state index contributed by atoms with van der Waals surface area (Å²) in [6.07, 6.45) is 4.13. The number of aryl methyl sites for hydroxylation is 1. The molecule has 0 radical (unpaired) electrons. The summed E-state index contributed by atoms with van der Waals surface area (Å²) < 4.78 is 12.9. The fraction of sp³-hybridized carbons (Fsp3) is 0.0667. The lowest BCUT2D eigenvalue weighted by molar-refractivity contribution is 0.102. The first-order valence-corrected chi connectivity index (χ1v) is 7.98. The van der Waals surface area contributed by atoms with Gasteiger partial charge >= 0.3 is 0 Å². The van der Waals surface area contributed by atoms with E-state index in [-0.39, 0.29) is 11.5 Å². The van der Waals surface area contributed by atoms with Crippen LogP contribution in [-0.2, 0) is 0 Å². The average molecular weight is 364 g/mol. The number of amides is 1. The van der Waals surface area contributed by atoms with E-state index in [4.69, 9.17) is 11.6 Å². The minimum atomic E-state index is -0.478. The average Bonchev–Trinajstić information content (AvgIpc) is 2.90. The van der Waals surface area contributed by atoms with Gasteiger partial charge in [0.1, 0.15) is 16.6 Å². The molecule has 9 heteroatoms. The zero-order chi connectivity index (χ0) is 17.1. The third-order valence-corrected chi connectivity index (χ3v) is 3.97. The number of nitrogens with one attached hydrogen (secondary N) is 2. The lowest BCUT2D eigenvalue weighted by Crippen LogP contribution is -2.15. The summed E-state index contributed by atoms with van der Waals surface area (Å²) in [5, 5.41) is 7.40. The lowest BCUT2D eigenvalue weighted by Gasteiger charge is -2.07. The van der Waals surface area contributed by atoms with Crippen LogP contribution in [-0.4, -0.2) is 20.9 Å². The number of aromatic nitrogens is 3. The van der Waals surface area contributed by atoms with Gasteiger partial charge in [-0.1, -0.05) is 11.6 Å². The zero-order valence-electron chi connectivity index (χ0n) is 12.4. The number of hydrogen-bond donors (Lipinski definition) is 2. The van der Waals surface area contributed by atoms with E-state index in [1.807, 2.05) is 0 Å². The SMILES string of the molecule is Cc1nc(C(=O)Nc2ccc(F)cn2)c(Nc2cncc(Cl)c2)s1. The van der Waals surface area contributed by atoms with Gasteiger partial charge in [0.2, 0.25) is 0 Å². The summed E-state index contributed by atoms with van der Waals surface area (Å²) in [6, 6.07) is 4.28. The van der Waals surface area contributed by atoms with Gasteiger partial charge in [0.05, 0.1) is 28.1 Å². The van der Waals surface area contributed by atoms with Crippen molar-refractivity contribution in [2.75, 3.05) is 10.6 Å². The highest BCUT2D eigenvalue weighted by Crippen LogP contribution is 2.29. The van der Waals surface area contributed by atoms with Crippen LogP contribution in [0, 0.1) is 12.7 Å². The van der Waals surface area contributed by atoms with Crippen LogP contribution in [0.3, 0.4) is 0 Å². The summed E-state index contributed by atoms with van der Waals surface area (Å²) >= 11 is 7.23. The number of rotatable bonds is 4. The molecule has 0 saturated carbocycles. The van der Waals surface area contributed by atoms with E-state index in [2.05, 4.69) is 25.6 Å². The smallest absolute Gasteiger partial charge is 0.278 e. The maximum Gasteiger partial charge on any atom is 0.278 e. The van der Waals surface area contributed by atoms with Crippen molar-refractivity contribution in [1.82, 2.24) is 15.0 Å². The molecule has 0 aliphatic carbocycles. The Morgan fingerprint density at radius 3 is 2.83 bits per heavy atom. The molecule has 0 fully saturated rings. The molecular formula is C15H11ClFN5OS. The van der Waals surface area contributed by atoms with Gasteiger partial charge in [-0.25, -0.2) is 14.4 Å². The van der Waals surface area contributed by atoms with Crippen LogP contribution >= 0.6 is 22.9 Å². The summed E-state index contributed by atoms with van der Waals surface area (Å²) in [5.41, 5.74) is 0.851. The van der Waals surface area contributed by atoms with E-state index in [0.717, 1.165) is 6.20 Å². The monoisotopic (exact) mass is 363 g/mol. The molecule has 3 rings (SSSR count). The number of hydrogen-bond acceptors (Lipinski definition) is 6. The Morgan fingerprint density at radius 2 is 2.12 bits per heavy atom. The summed E-state index contributed by atoms with van der Waals surface area (Å²) in [6.45, 7) is 1.79. The first-order valence-electron chi connectivity index (χ1n) is 6.79. The van der Waals surface area contributed by atoms with Crippen molar-refractivity contribution in [3.63, 3.8) is 0 Å². The quantitative estimate of drug-likeness (QED) is 0.731. The van der Waals surface area contributed by atoms with Crippen LogP contribution in [0.15, 0.2) is 36.8 Å². The Morgan fingerprint density at radius 1 is 1.29 bits per heavy atom. The molecular weight excluding hydrogens is 353 g/mol. The Kier molecular flexibility index (Phi) is 4.68. The van der Waals surface area contributed by atoms with Crippen LogP contribution in [0.5, 0.6) is 0 Å². The van der Waals surface area contributed by atoms with E-state index < -0.39 is 11.7 Å². The highest BCUT2D eigenvalue weighted by Gasteiger charge is 2.18. The predicted octanol–water partition coefficient (Wildman–Crippen LogP) is 4.03. The second-order valence-electron chi connectivity index (χ2n) is 4.74. The molecule has 0 unspecified atom stereocenters. The van der Waals surface area contributed by atoms with E-state index in [9.17, 15) is 9.18 Å². The Hall–Kier alpha value is -2.58. The number of pyridine rings is 2. The van der Waals surface area contributed by atoms with Gasteiger partial charge in [0.15, 0.2) is 5.69 Å². The third-order valence-electron chi connectivity index (χ3n) is 2.88. The van der Waals surface area contributed by atoms with Gasteiger partial charge in [0, 0.05) is 6.20 Å². The molecule has 0 aliphatic rings. The van der Waals surface area contributed by atoms with Gasteiger partial charge in [0.25, 0.3) is 5.91 Å². The fourth-order valence-corrected chi connectivity index (χ4v) is 2.91. The van der Waals surface area contributed by atoms with Crippen molar-refractivity contribution in [2.24, 2.45) is 0 Å². The van der Waals surface area contributed by atoms with E-state index in [1.54, 1.807) is 19.2 Å². The van der Waals surface area contributed by atoms with Crippen LogP contribution in [0.2, 0.25) is 5.02 Å². The molecule has 24 heavy (non-hydrogen) atoms. The van der Waals surface area contributed by atoms with Crippen LogP contribution in [0.1, 0.15) is 15.5 Å². The molecule has 122 valence electrons. The molecule has 0 aromatic carbocycles. The number of carbonyl (C=O) groups is 1. The Bertz CT molecular complexity index is 884. The Balaban J connectivity index is 1.82. The summed E-state index contributed by atoms with van der Waals surface area (Å²) in [5.74, 6) is -0.688. The standard InChI is InChI=1S/C15H11ClFN5OS/c1-8-20-13(14(23)22-12-3-2-10(17)6-19-12)15(24-8)21-11-4-9(16)5-18-7-11/h2-7,21H,1H3,(H,19,22,23). The highest BCUT2D eigenvalue weighted by atomic mass is 35.5. The van der Waals surface area contributed by atoms with Crippen molar-refractivity contribution in [3.05, 3.63) is 58.3 Å². The molecule has 3 aromatic heterocycles. The minimum absolute atomic E-state index is 0.212. The van der Waals surface area contributed by atoms with E-state index in [0.29, 0.717) is 20.7 Å². The van der Waals surface area contributed by atoms with Crippen molar-refractivity contribution in [3.8, 4) is 0 Å². The second kappa shape index (κ2) is 6.90. The van der Waals surface area contributed by atoms with Crippen molar-refractivity contribution in [1.29, 1.82) is 0 Å². The largest absolute Gasteiger partial charge is 0.344 e. The molecule has 0 spiro atoms. The Labute approximate surface area is 145 Å². The zero-order valence-corrected chi connectivity index (χ0v) is 14.0. The number of carbonyl (C=O) groups excluding carboxylic acids is 1. The number of anilines is 3. The van der Waals surface area contributed by atoms with Crippen molar-refractivity contribution in [2.45, 2.75) is 6.92 Å². The minimum Gasteiger partial charge on any atom is -0.344 e. The number of thiazole rings is 1. The van der Waals surface area contributed by atoms with Crippen molar-refractivity contribution >= 4 is 45.4 Å². The molecule has 3 aromatic rings. The highest BCUT2D eigenvalue weighted by molar-refractivity contribution is 7.16. The van der Waals surface area contributed by atoms with Gasteiger partial charge in [-0.2, -0.15) is 0 Å². The predicted molar refractivity (Wildman–Crippen MR) is 91.5 cm³/mol. The van der Waals surface area contributed by atoms with Gasteiger partial charge in [-0.3, -0.25) is 9.78 Å². The normalized spacial score (nSPS) is 10.5. The summed E-state index contributed by atoms with van der Waals surface area (Å²) in [7, 11) is 0. The van der Waals surface area contributed by atoms with E-state index >= 15 is 0 Å². The second-order valence-corrected chi connectivity index (χ2v) is 6.38.